The summed E-state index contributed by atoms with van der Waals surface area (Å²) >= 11 is 5.97. The minimum Gasteiger partial charge on any atom is -0.324 e. The first kappa shape index (κ1) is 13.6. The Kier molecular flexibility index (Phi) is 4.54. The van der Waals surface area contributed by atoms with Crippen molar-refractivity contribution in [3.05, 3.63) is 41.7 Å². The molecule has 0 radical (unpaired) electrons. The number of nitrogens with one attached hydrogen (secondary N) is 2. The summed E-state index contributed by atoms with van der Waals surface area (Å²) in [4.78, 5) is 11.8. The van der Waals surface area contributed by atoms with Crippen LogP contribution in [0.2, 0.25) is 5.02 Å². The van der Waals surface area contributed by atoms with Crippen LogP contribution in [0.15, 0.2) is 36.7 Å². The van der Waals surface area contributed by atoms with Gasteiger partial charge in [0.1, 0.15) is 0 Å². The molecular weight excluding hydrogens is 264 g/mol. The lowest BCUT2D eigenvalue weighted by atomic mass is 10.2. The summed E-state index contributed by atoms with van der Waals surface area (Å²) in [6, 6.07) is 7.13. The Labute approximate surface area is 116 Å². The summed E-state index contributed by atoms with van der Waals surface area (Å²) in [5, 5.41) is 10.5. The Morgan fingerprint density at radius 2 is 2.32 bits per heavy atom. The molecule has 0 fully saturated rings. The van der Waals surface area contributed by atoms with Crippen molar-refractivity contribution in [1.82, 2.24) is 15.1 Å². The van der Waals surface area contributed by atoms with Gasteiger partial charge in [-0.25, -0.2) is 4.68 Å². The van der Waals surface area contributed by atoms with Crippen molar-refractivity contribution < 1.29 is 4.79 Å². The maximum atomic E-state index is 11.8. The Morgan fingerprint density at radius 3 is 3.00 bits per heavy atom. The van der Waals surface area contributed by atoms with Gasteiger partial charge in [-0.1, -0.05) is 11.6 Å². The molecule has 2 aromatic rings. The lowest BCUT2D eigenvalue weighted by Crippen LogP contribution is -2.19. The van der Waals surface area contributed by atoms with Gasteiger partial charge >= 0.3 is 0 Å². The molecule has 0 bridgehead atoms. The summed E-state index contributed by atoms with van der Waals surface area (Å²) in [7, 11) is 1.81. The Morgan fingerprint density at radius 1 is 1.47 bits per heavy atom. The summed E-state index contributed by atoms with van der Waals surface area (Å²) in [5.74, 6) is -0.0648. The van der Waals surface area contributed by atoms with Gasteiger partial charge < -0.3 is 10.6 Å². The zero-order valence-electron chi connectivity index (χ0n) is 10.6. The number of halogens is 1. The van der Waals surface area contributed by atoms with Gasteiger partial charge in [-0.3, -0.25) is 4.79 Å². The second-order valence-electron chi connectivity index (χ2n) is 4.01. The smallest absolute Gasteiger partial charge is 0.225 e. The molecule has 1 aromatic carbocycles. The number of hydrogen-bond donors (Lipinski definition) is 2. The Hall–Kier alpha value is -1.85. The van der Waals surface area contributed by atoms with Crippen LogP contribution in [0.5, 0.6) is 0 Å². The molecule has 2 rings (SSSR count). The monoisotopic (exact) mass is 278 g/mol. The molecule has 0 aliphatic heterocycles. The van der Waals surface area contributed by atoms with Gasteiger partial charge in [0, 0.05) is 30.4 Å². The molecule has 1 amide bonds. The van der Waals surface area contributed by atoms with Crippen LogP contribution in [0.4, 0.5) is 5.69 Å². The van der Waals surface area contributed by atoms with E-state index in [1.807, 2.05) is 25.4 Å². The topological polar surface area (TPSA) is 59.0 Å². The van der Waals surface area contributed by atoms with Crippen LogP contribution in [0.1, 0.15) is 6.42 Å². The van der Waals surface area contributed by atoms with Crippen molar-refractivity contribution in [3.63, 3.8) is 0 Å². The summed E-state index contributed by atoms with van der Waals surface area (Å²) in [5.41, 5.74) is 1.43. The van der Waals surface area contributed by atoms with E-state index in [9.17, 15) is 4.79 Å². The summed E-state index contributed by atoms with van der Waals surface area (Å²) < 4.78 is 1.68. The minimum absolute atomic E-state index is 0.0648. The van der Waals surface area contributed by atoms with Crippen LogP contribution >= 0.6 is 11.6 Å². The second kappa shape index (κ2) is 6.36. The molecule has 2 N–H and O–H groups in total. The molecule has 0 aliphatic carbocycles. The van der Waals surface area contributed by atoms with E-state index in [1.54, 1.807) is 23.0 Å². The number of carbonyl (C=O) groups excluding carboxylic acids is 1. The van der Waals surface area contributed by atoms with Crippen LogP contribution in [0.25, 0.3) is 5.69 Å². The third-order valence-corrected chi connectivity index (χ3v) is 2.82. The molecule has 5 nitrogen and oxygen atoms in total. The van der Waals surface area contributed by atoms with E-state index in [2.05, 4.69) is 15.7 Å². The Bertz CT molecular complexity index is 554. The molecule has 19 heavy (non-hydrogen) atoms. The van der Waals surface area contributed by atoms with Crippen LogP contribution in [-0.4, -0.2) is 29.3 Å². The van der Waals surface area contributed by atoms with E-state index in [0.717, 1.165) is 5.69 Å². The number of aromatic nitrogens is 2. The standard InChI is InChI=1S/C13H15ClN4O/c1-15-7-5-13(19)17-11-9-10(14)3-4-12(11)18-8-2-6-16-18/h2-4,6,8-9,15H,5,7H2,1H3,(H,17,19). The first-order valence-corrected chi connectivity index (χ1v) is 6.32. The minimum atomic E-state index is -0.0648. The summed E-state index contributed by atoms with van der Waals surface area (Å²) in [6.07, 6.45) is 3.90. The highest BCUT2D eigenvalue weighted by Crippen LogP contribution is 2.24. The quantitative estimate of drug-likeness (QED) is 0.880. The fourth-order valence-corrected chi connectivity index (χ4v) is 1.84. The number of anilines is 1. The van der Waals surface area contributed by atoms with Crippen molar-refractivity contribution in [1.29, 1.82) is 0 Å². The molecule has 0 saturated heterocycles. The molecule has 1 heterocycles. The van der Waals surface area contributed by atoms with Crippen LogP contribution < -0.4 is 10.6 Å². The predicted molar refractivity (Wildman–Crippen MR) is 75.7 cm³/mol. The van der Waals surface area contributed by atoms with Gasteiger partial charge in [-0.15, -0.1) is 0 Å². The number of carbonyl (C=O) groups is 1. The second-order valence-corrected chi connectivity index (χ2v) is 4.45. The van der Waals surface area contributed by atoms with E-state index in [-0.39, 0.29) is 5.91 Å². The van der Waals surface area contributed by atoms with Crippen molar-refractivity contribution in [2.45, 2.75) is 6.42 Å². The zero-order chi connectivity index (χ0) is 13.7. The maximum Gasteiger partial charge on any atom is 0.225 e. The van der Waals surface area contributed by atoms with Crippen molar-refractivity contribution >= 4 is 23.2 Å². The van der Waals surface area contributed by atoms with Gasteiger partial charge in [0.2, 0.25) is 5.91 Å². The average molecular weight is 279 g/mol. The van der Waals surface area contributed by atoms with Crippen LogP contribution in [0.3, 0.4) is 0 Å². The summed E-state index contributed by atoms with van der Waals surface area (Å²) in [6.45, 7) is 0.628. The number of rotatable bonds is 5. The van der Waals surface area contributed by atoms with E-state index in [0.29, 0.717) is 23.7 Å². The van der Waals surface area contributed by atoms with Crippen LogP contribution in [0, 0.1) is 0 Å². The average Bonchev–Trinajstić information content (AvgIpc) is 2.90. The highest BCUT2D eigenvalue weighted by Gasteiger charge is 2.09. The fraction of sp³-hybridized carbons (Fsp3) is 0.231. The third-order valence-electron chi connectivity index (χ3n) is 2.59. The van der Waals surface area contributed by atoms with Crippen molar-refractivity contribution in [2.75, 3.05) is 18.9 Å². The number of amides is 1. The normalized spacial score (nSPS) is 10.4. The van der Waals surface area contributed by atoms with Crippen LogP contribution in [-0.2, 0) is 4.79 Å². The number of benzene rings is 1. The first-order valence-electron chi connectivity index (χ1n) is 5.94. The van der Waals surface area contributed by atoms with E-state index in [4.69, 9.17) is 11.6 Å². The third kappa shape index (κ3) is 3.56. The maximum absolute atomic E-state index is 11.8. The molecule has 0 spiro atoms. The van der Waals surface area contributed by atoms with Gasteiger partial charge in [0.25, 0.3) is 0 Å². The molecule has 0 atom stereocenters. The number of nitrogens with zero attached hydrogens (tertiary/aromatic N) is 2. The van der Waals surface area contributed by atoms with Gasteiger partial charge in [-0.2, -0.15) is 5.10 Å². The van der Waals surface area contributed by atoms with Gasteiger partial charge in [0.05, 0.1) is 11.4 Å². The highest BCUT2D eigenvalue weighted by molar-refractivity contribution is 6.31. The molecule has 100 valence electrons. The molecule has 6 heteroatoms. The van der Waals surface area contributed by atoms with Gasteiger partial charge in [0.15, 0.2) is 0 Å². The van der Waals surface area contributed by atoms with E-state index in [1.165, 1.54) is 0 Å². The largest absolute Gasteiger partial charge is 0.324 e. The zero-order valence-corrected chi connectivity index (χ0v) is 11.3. The first-order chi connectivity index (χ1) is 9.20. The van der Waals surface area contributed by atoms with Crippen molar-refractivity contribution in [2.24, 2.45) is 0 Å². The molecular formula is C13H15ClN4O. The SMILES string of the molecule is CNCCC(=O)Nc1cc(Cl)ccc1-n1cccn1. The predicted octanol–water partition coefficient (Wildman–Crippen LogP) is 2.07. The molecule has 0 saturated carbocycles. The van der Waals surface area contributed by atoms with E-state index < -0.39 is 0 Å². The lowest BCUT2D eigenvalue weighted by molar-refractivity contribution is -0.116. The molecule has 0 unspecified atom stereocenters. The molecule has 1 aromatic heterocycles. The molecule has 0 aliphatic rings. The fourth-order valence-electron chi connectivity index (χ4n) is 1.67. The lowest BCUT2D eigenvalue weighted by Gasteiger charge is -2.11. The van der Waals surface area contributed by atoms with Gasteiger partial charge in [-0.05, 0) is 31.3 Å². The Balaban J connectivity index is 2.23. The number of hydrogen-bond acceptors (Lipinski definition) is 3. The van der Waals surface area contributed by atoms with Crippen molar-refractivity contribution in [3.8, 4) is 5.69 Å². The van der Waals surface area contributed by atoms with E-state index >= 15 is 0 Å². The highest BCUT2D eigenvalue weighted by atomic mass is 35.5.